The Morgan fingerprint density at radius 2 is 0.667 bits per heavy atom. The summed E-state index contributed by atoms with van der Waals surface area (Å²) in [5, 5.41) is 23.4. The first-order valence-electron chi connectivity index (χ1n) is 29.5. The maximum Gasteiger partial charge on any atom is 0.220 e. The van der Waals surface area contributed by atoms with Gasteiger partial charge in [0.25, 0.3) is 0 Å². The van der Waals surface area contributed by atoms with Crippen LogP contribution in [0.5, 0.6) is 0 Å². The lowest BCUT2D eigenvalue weighted by atomic mass is 10.0. The van der Waals surface area contributed by atoms with E-state index in [0.717, 1.165) is 57.8 Å². The number of rotatable bonds is 54. The van der Waals surface area contributed by atoms with Crippen molar-refractivity contribution in [2.45, 2.75) is 321 Å². The van der Waals surface area contributed by atoms with Gasteiger partial charge in [-0.15, -0.1) is 0 Å². The number of allylic oxidation sites excluding steroid dienone is 10. The van der Waals surface area contributed by atoms with E-state index in [1.807, 2.05) is 0 Å². The number of amides is 1. The maximum absolute atomic E-state index is 12.5. The molecule has 1 amide bonds. The van der Waals surface area contributed by atoms with Crippen LogP contribution in [-0.4, -0.2) is 34.9 Å². The summed E-state index contributed by atoms with van der Waals surface area (Å²) in [6, 6.07) is -0.542. The highest BCUT2D eigenvalue weighted by atomic mass is 16.3. The first kappa shape index (κ1) is 64.1. The van der Waals surface area contributed by atoms with Gasteiger partial charge in [0.1, 0.15) is 0 Å². The summed E-state index contributed by atoms with van der Waals surface area (Å²) >= 11 is 0. The van der Waals surface area contributed by atoms with Crippen LogP contribution in [-0.2, 0) is 4.79 Å². The zero-order valence-corrected chi connectivity index (χ0v) is 44.5. The van der Waals surface area contributed by atoms with E-state index in [-0.39, 0.29) is 12.5 Å². The van der Waals surface area contributed by atoms with Gasteiger partial charge in [0.2, 0.25) is 5.91 Å². The van der Waals surface area contributed by atoms with Gasteiger partial charge in [0.05, 0.1) is 18.8 Å². The highest BCUT2D eigenvalue weighted by Gasteiger charge is 2.20. The summed E-state index contributed by atoms with van der Waals surface area (Å²) in [5.41, 5.74) is 0. The summed E-state index contributed by atoms with van der Waals surface area (Å²) in [7, 11) is 0. The van der Waals surface area contributed by atoms with Gasteiger partial charge in [-0.2, -0.15) is 0 Å². The molecule has 3 N–H and O–H groups in total. The molecule has 0 heterocycles. The van der Waals surface area contributed by atoms with Gasteiger partial charge >= 0.3 is 0 Å². The molecule has 2 atom stereocenters. The first-order valence-corrected chi connectivity index (χ1v) is 29.5. The summed E-state index contributed by atoms with van der Waals surface area (Å²) < 4.78 is 0. The number of hydrogen-bond acceptors (Lipinski definition) is 3. The molecule has 0 saturated carbocycles. The third-order valence-electron chi connectivity index (χ3n) is 13.5. The molecule has 0 bridgehead atoms. The Morgan fingerprint density at radius 1 is 0.379 bits per heavy atom. The number of nitrogens with one attached hydrogen (secondary N) is 1. The van der Waals surface area contributed by atoms with Crippen molar-refractivity contribution in [3.8, 4) is 0 Å². The van der Waals surface area contributed by atoms with Gasteiger partial charge in [-0.3, -0.25) is 4.79 Å². The third kappa shape index (κ3) is 53.1. The molecule has 4 nitrogen and oxygen atoms in total. The Kier molecular flexibility index (Phi) is 55.7. The van der Waals surface area contributed by atoms with Crippen molar-refractivity contribution in [1.82, 2.24) is 5.32 Å². The molecule has 2 unspecified atom stereocenters. The highest BCUT2D eigenvalue weighted by Crippen LogP contribution is 2.18. The maximum atomic E-state index is 12.5. The minimum absolute atomic E-state index is 0.0327. The van der Waals surface area contributed by atoms with Crippen LogP contribution >= 0.6 is 0 Å². The lowest BCUT2D eigenvalue weighted by molar-refractivity contribution is -0.123. The molecule has 0 aliphatic rings. The monoisotopic (exact) mass is 922 g/mol. The van der Waals surface area contributed by atoms with Crippen LogP contribution in [0.4, 0.5) is 0 Å². The fraction of sp³-hybridized carbons (Fsp3) is 0.823. The van der Waals surface area contributed by atoms with Crippen LogP contribution < -0.4 is 5.32 Å². The fourth-order valence-electron chi connectivity index (χ4n) is 9.10. The average Bonchev–Trinajstić information content (AvgIpc) is 3.32. The number of carbonyl (C=O) groups is 1. The second-order valence-electron chi connectivity index (χ2n) is 20.0. The van der Waals surface area contributed by atoms with Crippen LogP contribution in [0.15, 0.2) is 60.8 Å². The number of aliphatic hydroxyl groups excluding tert-OH is 2. The van der Waals surface area contributed by atoms with E-state index >= 15 is 0 Å². The molecule has 0 saturated heterocycles. The molecule has 0 aromatic heterocycles. The summed E-state index contributed by atoms with van der Waals surface area (Å²) in [5.74, 6) is -0.0327. The lowest BCUT2D eigenvalue weighted by Gasteiger charge is -2.22. The Morgan fingerprint density at radius 3 is 1.00 bits per heavy atom. The molecule has 0 radical (unpaired) electrons. The zero-order chi connectivity index (χ0) is 47.7. The Labute approximate surface area is 413 Å². The highest BCUT2D eigenvalue weighted by molar-refractivity contribution is 5.76. The Balaban J connectivity index is 3.47. The van der Waals surface area contributed by atoms with Crippen molar-refractivity contribution in [1.29, 1.82) is 0 Å². The van der Waals surface area contributed by atoms with E-state index in [4.69, 9.17) is 0 Å². The van der Waals surface area contributed by atoms with E-state index < -0.39 is 12.1 Å². The van der Waals surface area contributed by atoms with Gasteiger partial charge in [-0.1, -0.05) is 306 Å². The predicted octanol–water partition coefficient (Wildman–Crippen LogP) is 19.6. The van der Waals surface area contributed by atoms with Gasteiger partial charge in [0.15, 0.2) is 0 Å². The van der Waals surface area contributed by atoms with Crippen molar-refractivity contribution in [2.24, 2.45) is 0 Å². The predicted molar refractivity (Wildman–Crippen MR) is 294 cm³/mol. The minimum Gasteiger partial charge on any atom is -0.394 e. The molecule has 0 aromatic carbocycles. The van der Waals surface area contributed by atoms with E-state index in [1.165, 1.54) is 225 Å². The van der Waals surface area contributed by atoms with E-state index in [1.54, 1.807) is 0 Å². The molecule has 66 heavy (non-hydrogen) atoms. The second kappa shape index (κ2) is 57.4. The van der Waals surface area contributed by atoms with Crippen molar-refractivity contribution in [3.05, 3.63) is 60.8 Å². The number of carbonyl (C=O) groups excluding carboxylic acids is 1. The molecule has 4 heteroatoms. The van der Waals surface area contributed by atoms with Crippen molar-refractivity contribution in [2.75, 3.05) is 6.61 Å². The van der Waals surface area contributed by atoms with E-state index in [9.17, 15) is 15.0 Å². The molecule has 0 aromatic rings. The molecule has 0 aliphatic heterocycles. The largest absolute Gasteiger partial charge is 0.394 e. The Hall–Kier alpha value is -1.91. The average molecular weight is 923 g/mol. The third-order valence-corrected chi connectivity index (χ3v) is 13.5. The zero-order valence-electron chi connectivity index (χ0n) is 44.5. The molecule has 0 aliphatic carbocycles. The smallest absolute Gasteiger partial charge is 0.220 e. The Bertz CT molecular complexity index is 1090. The first-order chi connectivity index (χ1) is 32.7. The molecule has 0 fully saturated rings. The van der Waals surface area contributed by atoms with Crippen LogP contribution in [0.1, 0.15) is 309 Å². The quantitative estimate of drug-likeness (QED) is 0.0420. The SMILES string of the molecule is CC/C=C\C/C=C\C/C=C\C/C=C\C/C=C\CCCCCCCCCCCCCC(=O)NC(CO)C(O)CCCCCCCCCCCCCCCCCCCCCCCCCCCCC. The molecular formula is C62H115NO3. The van der Waals surface area contributed by atoms with Gasteiger partial charge < -0.3 is 15.5 Å². The number of unbranched alkanes of at least 4 members (excludes halogenated alkanes) is 37. The number of aliphatic hydroxyl groups is 2. The fourth-order valence-corrected chi connectivity index (χ4v) is 9.10. The summed E-state index contributed by atoms with van der Waals surface area (Å²) in [4.78, 5) is 12.5. The van der Waals surface area contributed by atoms with Crippen LogP contribution in [0, 0.1) is 0 Å². The summed E-state index contributed by atoms with van der Waals surface area (Å²) in [6.45, 7) is 4.27. The molecule has 0 spiro atoms. The van der Waals surface area contributed by atoms with Gasteiger partial charge in [-0.05, 0) is 57.8 Å². The molecule has 386 valence electrons. The van der Waals surface area contributed by atoms with Gasteiger partial charge in [0, 0.05) is 6.42 Å². The van der Waals surface area contributed by atoms with E-state index in [2.05, 4.69) is 79.9 Å². The van der Waals surface area contributed by atoms with Crippen LogP contribution in [0.25, 0.3) is 0 Å². The van der Waals surface area contributed by atoms with Crippen molar-refractivity contribution in [3.63, 3.8) is 0 Å². The molecular weight excluding hydrogens is 807 g/mol. The van der Waals surface area contributed by atoms with Crippen molar-refractivity contribution < 1.29 is 15.0 Å². The van der Waals surface area contributed by atoms with Crippen LogP contribution in [0.3, 0.4) is 0 Å². The van der Waals surface area contributed by atoms with Gasteiger partial charge in [-0.25, -0.2) is 0 Å². The normalized spacial score (nSPS) is 13.2. The second-order valence-corrected chi connectivity index (χ2v) is 20.0. The standard InChI is InChI=1S/C62H115NO3/c1-3-5-7-9-11-13-15-17-19-21-23-25-27-29-31-33-35-37-39-41-43-45-47-49-51-53-55-57-61(65)60(59-64)63-62(66)58-56-54-52-50-48-46-44-42-40-38-36-34-32-30-28-26-24-22-20-18-16-14-12-10-8-6-4-2/h6,8,12,14,18,20,24,26,30,32,60-61,64-65H,3-5,7,9-11,13,15-17,19,21-23,25,27-29,31,33-59H2,1-2H3,(H,63,66)/b8-6-,14-12-,20-18-,26-24-,32-30-. The minimum atomic E-state index is -0.665. The molecule has 0 rings (SSSR count). The lowest BCUT2D eigenvalue weighted by Crippen LogP contribution is -2.45. The van der Waals surface area contributed by atoms with Crippen LogP contribution in [0.2, 0.25) is 0 Å². The summed E-state index contributed by atoms with van der Waals surface area (Å²) in [6.07, 6.45) is 80.7. The van der Waals surface area contributed by atoms with E-state index in [0.29, 0.717) is 12.8 Å². The number of hydrogen-bond donors (Lipinski definition) is 3. The van der Waals surface area contributed by atoms with Crippen molar-refractivity contribution >= 4 is 5.91 Å². The topological polar surface area (TPSA) is 69.6 Å².